The minimum atomic E-state index is -0.890. The van der Waals surface area contributed by atoms with Crippen molar-refractivity contribution in [3.8, 4) is 0 Å². The minimum Gasteiger partial charge on any atom is -0.449 e. The van der Waals surface area contributed by atoms with E-state index in [2.05, 4.69) is 27.8 Å². The molecule has 0 radical (unpaired) electrons. The molecule has 0 spiro atoms. The molecule has 150 valence electrons. The van der Waals surface area contributed by atoms with Gasteiger partial charge in [-0.2, -0.15) is 0 Å². The van der Waals surface area contributed by atoms with Crippen molar-refractivity contribution in [3.63, 3.8) is 0 Å². The van der Waals surface area contributed by atoms with Crippen molar-refractivity contribution in [2.24, 2.45) is 0 Å². The quantitative estimate of drug-likeness (QED) is 0.674. The summed E-state index contributed by atoms with van der Waals surface area (Å²) in [7, 11) is 0. The van der Waals surface area contributed by atoms with Gasteiger partial charge in [-0.15, -0.1) is 5.10 Å². The van der Waals surface area contributed by atoms with Crippen molar-refractivity contribution in [1.82, 2.24) is 20.3 Å². The van der Waals surface area contributed by atoms with E-state index in [1.54, 1.807) is 29.8 Å². The second-order valence-corrected chi connectivity index (χ2v) is 7.31. The number of benzene rings is 2. The SMILES string of the molecule is CCn1nnc2cc(C(=O)O[C@@H](C)C(=O)N[C@@H]3CCCc4ccccc43)ccc21. The highest BCUT2D eigenvalue weighted by Crippen LogP contribution is 2.29. The molecule has 29 heavy (non-hydrogen) atoms. The van der Waals surface area contributed by atoms with Crippen LogP contribution in [0.1, 0.15) is 54.2 Å². The second-order valence-electron chi connectivity index (χ2n) is 7.31. The summed E-state index contributed by atoms with van der Waals surface area (Å²) in [6.07, 6.45) is 2.04. The Balaban J connectivity index is 1.42. The third-order valence-electron chi connectivity index (χ3n) is 5.39. The summed E-state index contributed by atoms with van der Waals surface area (Å²) < 4.78 is 7.16. The van der Waals surface area contributed by atoms with Gasteiger partial charge in [0.05, 0.1) is 17.1 Å². The van der Waals surface area contributed by atoms with Crippen LogP contribution in [-0.2, 0) is 22.5 Å². The molecule has 2 aromatic carbocycles. The highest BCUT2D eigenvalue weighted by atomic mass is 16.5. The number of esters is 1. The fourth-order valence-corrected chi connectivity index (χ4v) is 3.81. The predicted molar refractivity (Wildman–Crippen MR) is 108 cm³/mol. The molecule has 0 fully saturated rings. The zero-order valence-corrected chi connectivity index (χ0v) is 16.6. The Morgan fingerprint density at radius 1 is 1.28 bits per heavy atom. The number of nitrogens with zero attached hydrogens (tertiary/aromatic N) is 3. The summed E-state index contributed by atoms with van der Waals surface area (Å²) in [4.78, 5) is 25.1. The minimum absolute atomic E-state index is 0.0472. The predicted octanol–water partition coefficient (Wildman–Crippen LogP) is 3.19. The first kappa shape index (κ1) is 19.1. The molecule has 2 atom stereocenters. The number of ether oxygens (including phenoxy) is 1. The molecule has 0 bridgehead atoms. The van der Waals surface area contributed by atoms with E-state index < -0.39 is 12.1 Å². The highest BCUT2D eigenvalue weighted by molar-refractivity contribution is 5.95. The molecule has 1 heterocycles. The van der Waals surface area contributed by atoms with Gasteiger partial charge in [0.15, 0.2) is 6.10 Å². The van der Waals surface area contributed by atoms with E-state index in [0.29, 0.717) is 17.6 Å². The Morgan fingerprint density at radius 3 is 2.93 bits per heavy atom. The van der Waals surface area contributed by atoms with Crippen LogP contribution in [0.3, 0.4) is 0 Å². The number of aromatic nitrogens is 3. The Labute approximate surface area is 169 Å². The van der Waals surface area contributed by atoms with E-state index in [4.69, 9.17) is 4.74 Å². The van der Waals surface area contributed by atoms with E-state index in [0.717, 1.165) is 30.3 Å². The molecular formula is C22H24N4O3. The van der Waals surface area contributed by atoms with Crippen LogP contribution in [0.5, 0.6) is 0 Å². The average molecular weight is 392 g/mol. The first-order valence-electron chi connectivity index (χ1n) is 9.99. The van der Waals surface area contributed by atoms with Crippen molar-refractivity contribution in [3.05, 3.63) is 59.2 Å². The average Bonchev–Trinajstić information content (AvgIpc) is 3.16. The van der Waals surface area contributed by atoms with Crippen molar-refractivity contribution < 1.29 is 14.3 Å². The largest absolute Gasteiger partial charge is 0.449 e. The van der Waals surface area contributed by atoms with Crippen molar-refractivity contribution in [1.29, 1.82) is 0 Å². The standard InChI is InChI=1S/C22H24N4O3/c1-3-26-20-12-11-16(13-19(20)24-25-26)22(28)29-14(2)21(27)23-18-10-6-8-15-7-4-5-9-17(15)18/h4-5,7,9,11-14,18H,3,6,8,10H2,1-2H3,(H,23,27)/t14-,18+/m0/s1. The number of nitrogens with one attached hydrogen (secondary N) is 1. The molecule has 1 N–H and O–H groups in total. The van der Waals surface area contributed by atoms with Gasteiger partial charge in [-0.05, 0) is 62.4 Å². The Kier molecular flexibility index (Phi) is 5.29. The normalized spacial score (nSPS) is 16.8. The molecule has 7 nitrogen and oxygen atoms in total. The number of carbonyl (C=O) groups excluding carboxylic acids is 2. The van der Waals surface area contributed by atoms with Crippen LogP contribution in [0.25, 0.3) is 11.0 Å². The van der Waals surface area contributed by atoms with Gasteiger partial charge >= 0.3 is 5.97 Å². The van der Waals surface area contributed by atoms with Gasteiger partial charge in [0.25, 0.3) is 5.91 Å². The van der Waals surface area contributed by atoms with E-state index in [1.165, 1.54) is 5.56 Å². The van der Waals surface area contributed by atoms with E-state index >= 15 is 0 Å². The van der Waals surface area contributed by atoms with Gasteiger partial charge in [0, 0.05) is 6.54 Å². The van der Waals surface area contributed by atoms with E-state index in [9.17, 15) is 9.59 Å². The van der Waals surface area contributed by atoms with Gasteiger partial charge in [0.2, 0.25) is 0 Å². The number of carbonyl (C=O) groups is 2. The van der Waals surface area contributed by atoms with Crippen molar-refractivity contribution >= 4 is 22.9 Å². The number of aryl methyl sites for hydroxylation is 2. The highest BCUT2D eigenvalue weighted by Gasteiger charge is 2.25. The zero-order valence-electron chi connectivity index (χ0n) is 16.6. The van der Waals surface area contributed by atoms with Gasteiger partial charge < -0.3 is 10.1 Å². The van der Waals surface area contributed by atoms with E-state index in [-0.39, 0.29) is 11.9 Å². The van der Waals surface area contributed by atoms with Crippen LogP contribution in [0.2, 0.25) is 0 Å². The Hall–Kier alpha value is -3.22. The lowest BCUT2D eigenvalue weighted by molar-refractivity contribution is -0.130. The molecule has 0 saturated heterocycles. The van der Waals surface area contributed by atoms with Crippen LogP contribution < -0.4 is 5.32 Å². The van der Waals surface area contributed by atoms with Gasteiger partial charge in [-0.1, -0.05) is 29.5 Å². The third kappa shape index (κ3) is 3.85. The molecule has 3 aromatic rings. The van der Waals surface area contributed by atoms with Crippen LogP contribution >= 0.6 is 0 Å². The number of hydrogen-bond donors (Lipinski definition) is 1. The first-order valence-corrected chi connectivity index (χ1v) is 9.99. The van der Waals surface area contributed by atoms with E-state index in [1.807, 2.05) is 19.1 Å². The second kappa shape index (κ2) is 8.03. The fraction of sp³-hybridized carbons (Fsp3) is 0.364. The lowest BCUT2D eigenvalue weighted by Gasteiger charge is -2.27. The summed E-state index contributed by atoms with van der Waals surface area (Å²) >= 11 is 0. The molecule has 0 aliphatic heterocycles. The maximum absolute atomic E-state index is 12.6. The molecule has 7 heteroatoms. The maximum Gasteiger partial charge on any atom is 0.338 e. The Bertz CT molecular complexity index is 1060. The van der Waals surface area contributed by atoms with Crippen LogP contribution in [0.4, 0.5) is 0 Å². The van der Waals surface area contributed by atoms with Gasteiger partial charge in [-0.3, -0.25) is 4.79 Å². The third-order valence-corrected chi connectivity index (χ3v) is 5.39. The summed E-state index contributed by atoms with van der Waals surface area (Å²) in [5.41, 5.74) is 4.24. The topological polar surface area (TPSA) is 86.1 Å². The van der Waals surface area contributed by atoms with Crippen molar-refractivity contribution in [2.75, 3.05) is 0 Å². The summed E-state index contributed by atoms with van der Waals surface area (Å²) in [6, 6.07) is 13.2. The fourth-order valence-electron chi connectivity index (χ4n) is 3.81. The van der Waals surface area contributed by atoms with Crippen LogP contribution in [0, 0.1) is 0 Å². The zero-order chi connectivity index (χ0) is 20.4. The summed E-state index contributed by atoms with van der Waals surface area (Å²) in [5, 5.41) is 11.1. The number of amides is 1. The van der Waals surface area contributed by atoms with Crippen LogP contribution in [0.15, 0.2) is 42.5 Å². The number of hydrogen-bond acceptors (Lipinski definition) is 5. The lowest BCUT2D eigenvalue weighted by Crippen LogP contribution is -2.39. The van der Waals surface area contributed by atoms with Crippen molar-refractivity contribution in [2.45, 2.75) is 51.8 Å². The smallest absolute Gasteiger partial charge is 0.338 e. The lowest BCUT2D eigenvalue weighted by atomic mass is 9.87. The van der Waals surface area contributed by atoms with Crippen LogP contribution in [-0.4, -0.2) is 33.0 Å². The Morgan fingerprint density at radius 2 is 2.10 bits per heavy atom. The molecule has 1 aliphatic carbocycles. The van der Waals surface area contributed by atoms with Gasteiger partial charge in [-0.25, -0.2) is 9.48 Å². The number of rotatable bonds is 5. The number of fused-ring (bicyclic) bond motifs is 2. The molecule has 1 aromatic heterocycles. The maximum atomic E-state index is 12.6. The first-order chi connectivity index (χ1) is 14.1. The van der Waals surface area contributed by atoms with Gasteiger partial charge in [0.1, 0.15) is 5.52 Å². The summed E-state index contributed by atoms with van der Waals surface area (Å²) in [6.45, 7) is 4.26. The molecule has 1 aliphatic rings. The molecule has 4 rings (SSSR count). The molecular weight excluding hydrogens is 368 g/mol. The molecule has 1 amide bonds. The summed E-state index contributed by atoms with van der Waals surface area (Å²) in [5.74, 6) is -0.845. The molecule has 0 unspecified atom stereocenters. The molecule has 0 saturated carbocycles. The monoisotopic (exact) mass is 392 g/mol.